The number of halogens is 1. The average Bonchev–Trinajstić information content (AvgIpc) is 2.98. The lowest BCUT2D eigenvalue weighted by Gasteiger charge is -2.13. The van der Waals surface area contributed by atoms with Crippen LogP contribution in [0.4, 0.5) is 0 Å². The van der Waals surface area contributed by atoms with E-state index in [1.54, 1.807) is 14.2 Å². The molecule has 206 valence electrons. The Balaban J connectivity index is 1.60. The average molecular weight is 561 g/mol. The van der Waals surface area contributed by atoms with Crippen LogP contribution in [0.2, 0.25) is 5.02 Å². The number of aromatic nitrogens is 1. The Morgan fingerprint density at radius 2 is 1.45 bits per heavy atom. The van der Waals surface area contributed by atoms with Gasteiger partial charge in [-0.2, -0.15) is 0 Å². The molecule has 0 fully saturated rings. The molecule has 1 aromatic heterocycles. The van der Waals surface area contributed by atoms with Gasteiger partial charge in [0.1, 0.15) is 22.8 Å². The van der Waals surface area contributed by atoms with Gasteiger partial charge in [-0.3, -0.25) is 14.4 Å². The summed E-state index contributed by atoms with van der Waals surface area (Å²) in [5, 5.41) is 13.3. The molecule has 2 N–H and O–H groups in total. The number of phenolic OH excluding ortho intramolecular Hbond substituents is 1. The third-order valence-corrected chi connectivity index (χ3v) is 6.69. The van der Waals surface area contributed by atoms with E-state index in [9.17, 15) is 19.5 Å². The first-order valence-corrected chi connectivity index (χ1v) is 13.0. The topological polar surface area (TPSA) is 107 Å². The lowest BCUT2D eigenvalue weighted by atomic mass is 10.0. The molecule has 4 rings (SSSR count). The van der Waals surface area contributed by atoms with Crippen LogP contribution < -0.4 is 20.3 Å². The number of amides is 1. The van der Waals surface area contributed by atoms with Crippen molar-refractivity contribution in [3.05, 3.63) is 122 Å². The molecule has 1 amide bonds. The van der Waals surface area contributed by atoms with Crippen molar-refractivity contribution in [2.24, 2.45) is 0 Å². The minimum atomic E-state index is -0.596. The number of hydrogen-bond donors (Lipinski definition) is 2. The molecule has 0 bridgehead atoms. The van der Waals surface area contributed by atoms with Crippen molar-refractivity contribution < 1.29 is 24.2 Å². The number of carbonyl (C=O) groups is 2. The summed E-state index contributed by atoms with van der Waals surface area (Å²) in [5.41, 5.74) is 1.28. The molecule has 4 aromatic rings. The Morgan fingerprint density at radius 3 is 2.05 bits per heavy atom. The molecular formula is C31H29ClN2O6. The lowest BCUT2D eigenvalue weighted by molar-refractivity contribution is 0.0952. The number of ether oxygens (including phenoxy) is 2. The van der Waals surface area contributed by atoms with E-state index >= 15 is 0 Å². The van der Waals surface area contributed by atoms with Gasteiger partial charge in [-0.15, -0.1) is 0 Å². The Bertz CT molecular complexity index is 1560. The SMILES string of the molecule is COc1ccc(CCNC(=O)c2cc(C(=O)c3cc(Cl)ccc3O)cn(CCc3ccc(OC)cc3)c2=O)cc1. The molecule has 0 radical (unpaired) electrons. The maximum Gasteiger partial charge on any atom is 0.263 e. The van der Waals surface area contributed by atoms with Gasteiger partial charge in [-0.25, -0.2) is 0 Å². The number of phenols is 1. The second-order valence-corrected chi connectivity index (χ2v) is 9.52. The quantitative estimate of drug-likeness (QED) is 0.258. The van der Waals surface area contributed by atoms with Gasteiger partial charge in [-0.05, 0) is 72.5 Å². The lowest BCUT2D eigenvalue weighted by Crippen LogP contribution is -2.35. The molecule has 0 aliphatic heterocycles. The first kappa shape index (κ1) is 28.4. The van der Waals surface area contributed by atoms with Gasteiger partial charge in [0.25, 0.3) is 11.5 Å². The summed E-state index contributed by atoms with van der Waals surface area (Å²) in [4.78, 5) is 39.9. The molecule has 0 unspecified atom stereocenters. The molecule has 40 heavy (non-hydrogen) atoms. The third-order valence-electron chi connectivity index (χ3n) is 6.45. The second-order valence-electron chi connectivity index (χ2n) is 9.08. The molecule has 1 heterocycles. The highest BCUT2D eigenvalue weighted by atomic mass is 35.5. The van der Waals surface area contributed by atoms with Crippen molar-refractivity contribution >= 4 is 23.3 Å². The smallest absolute Gasteiger partial charge is 0.263 e. The van der Waals surface area contributed by atoms with Crippen molar-refractivity contribution in [2.45, 2.75) is 19.4 Å². The first-order valence-electron chi connectivity index (χ1n) is 12.6. The number of rotatable bonds is 11. The summed E-state index contributed by atoms with van der Waals surface area (Å²) in [7, 11) is 3.17. The number of aryl methyl sites for hydroxylation is 2. The van der Waals surface area contributed by atoms with Gasteiger partial charge in [0.2, 0.25) is 0 Å². The number of hydrogen-bond acceptors (Lipinski definition) is 6. The van der Waals surface area contributed by atoms with Crippen LogP contribution in [0.1, 0.15) is 37.4 Å². The van der Waals surface area contributed by atoms with Gasteiger partial charge < -0.3 is 24.5 Å². The van der Waals surface area contributed by atoms with Crippen LogP contribution in [0, 0.1) is 0 Å². The number of nitrogens with zero attached hydrogens (tertiary/aromatic N) is 1. The van der Waals surface area contributed by atoms with Crippen molar-refractivity contribution in [3.63, 3.8) is 0 Å². The minimum absolute atomic E-state index is 0.0290. The van der Waals surface area contributed by atoms with Gasteiger partial charge in [-0.1, -0.05) is 35.9 Å². The molecule has 0 saturated carbocycles. The standard InChI is InChI=1S/C31H29ClN2O6/c1-39-24-8-3-20(4-9-24)13-15-33-30(37)27-17-22(29(36)26-18-23(32)7-12-28(26)35)19-34(31(27)38)16-14-21-5-10-25(40-2)11-6-21/h3-12,17-19,35H,13-16H2,1-2H3,(H,33,37). The van der Waals surface area contributed by atoms with E-state index in [4.69, 9.17) is 21.1 Å². The van der Waals surface area contributed by atoms with Crippen LogP contribution in [0.15, 0.2) is 83.8 Å². The van der Waals surface area contributed by atoms with E-state index in [0.29, 0.717) is 18.6 Å². The highest BCUT2D eigenvalue weighted by molar-refractivity contribution is 6.31. The molecule has 0 aliphatic rings. The molecule has 0 saturated heterocycles. The summed E-state index contributed by atoms with van der Waals surface area (Å²) in [6.07, 6.45) is 2.42. The van der Waals surface area contributed by atoms with E-state index in [0.717, 1.165) is 16.9 Å². The maximum absolute atomic E-state index is 13.4. The molecule has 0 atom stereocenters. The first-order chi connectivity index (χ1) is 19.3. The van der Waals surface area contributed by atoms with Crippen LogP contribution >= 0.6 is 11.6 Å². The van der Waals surface area contributed by atoms with Crippen LogP contribution in [0.3, 0.4) is 0 Å². The normalized spacial score (nSPS) is 10.7. The van der Waals surface area contributed by atoms with Crippen molar-refractivity contribution in [3.8, 4) is 17.2 Å². The summed E-state index contributed by atoms with van der Waals surface area (Å²) < 4.78 is 11.7. The zero-order valence-corrected chi connectivity index (χ0v) is 22.9. The zero-order valence-electron chi connectivity index (χ0n) is 22.1. The molecule has 9 heteroatoms. The van der Waals surface area contributed by atoms with Crippen LogP contribution in [0.5, 0.6) is 17.2 Å². The van der Waals surface area contributed by atoms with E-state index in [1.807, 2.05) is 48.5 Å². The summed E-state index contributed by atoms with van der Waals surface area (Å²) in [5.74, 6) is 0.0293. The maximum atomic E-state index is 13.4. The van der Waals surface area contributed by atoms with Gasteiger partial charge in [0, 0.05) is 29.9 Å². The summed E-state index contributed by atoms with van der Waals surface area (Å²) in [6.45, 7) is 0.504. The van der Waals surface area contributed by atoms with Crippen LogP contribution in [-0.2, 0) is 19.4 Å². The molecule has 0 aliphatic carbocycles. The Morgan fingerprint density at radius 1 is 0.850 bits per heavy atom. The predicted molar refractivity (Wildman–Crippen MR) is 153 cm³/mol. The Kier molecular flexibility index (Phi) is 9.24. The number of pyridine rings is 1. The van der Waals surface area contributed by atoms with Gasteiger partial charge in [0.15, 0.2) is 5.78 Å². The Labute approximate surface area is 236 Å². The van der Waals surface area contributed by atoms with Crippen LogP contribution in [0.25, 0.3) is 0 Å². The van der Waals surface area contributed by atoms with Crippen molar-refractivity contribution in [1.82, 2.24) is 9.88 Å². The monoisotopic (exact) mass is 560 g/mol. The largest absolute Gasteiger partial charge is 0.507 e. The fourth-order valence-electron chi connectivity index (χ4n) is 4.18. The van der Waals surface area contributed by atoms with E-state index in [2.05, 4.69) is 5.32 Å². The molecule has 0 spiro atoms. The molecule has 8 nitrogen and oxygen atoms in total. The van der Waals surface area contributed by atoms with E-state index < -0.39 is 17.2 Å². The fraction of sp³-hybridized carbons (Fsp3) is 0.194. The number of ketones is 1. The number of benzene rings is 3. The third kappa shape index (κ3) is 6.90. The predicted octanol–water partition coefficient (Wildman–Crippen LogP) is 4.67. The number of aromatic hydroxyl groups is 1. The Hall–Kier alpha value is -4.56. The van der Waals surface area contributed by atoms with Gasteiger partial charge in [0.05, 0.1) is 19.8 Å². The molecule has 3 aromatic carbocycles. The highest BCUT2D eigenvalue weighted by Crippen LogP contribution is 2.24. The van der Waals surface area contributed by atoms with E-state index in [1.165, 1.54) is 35.0 Å². The number of carbonyl (C=O) groups excluding carboxylic acids is 2. The van der Waals surface area contributed by atoms with Crippen LogP contribution in [-0.4, -0.2) is 42.1 Å². The summed E-state index contributed by atoms with van der Waals surface area (Å²) in [6, 6.07) is 20.3. The van der Waals surface area contributed by atoms with Crippen molar-refractivity contribution in [2.75, 3.05) is 20.8 Å². The minimum Gasteiger partial charge on any atom is -0.507 e. The highest BCUT2D eigenvalue weighted by Gasteiger charge is 2.20. The number of nitrogens with one attached hydrogen (secondary N) is 1. The summed E-state index contributed by atoms with van der Waals surface area (Å²) >= 11 is 6.05. The second kappa shape index (κ2) is 13.0. The number of methoxy groups -OCH3 is 2. The van der Waals surface area contributed by atoms with E-state index in [-0.39, 0.29) is 40.6 Å². The molecular weight excluding hydrogens is 532 g/mol. The van der Waals surface area contributed by atoms with Crippen molar-refractivity contribution in [1.29, 1.82) is 0 Å². The fourth-order valence-corrected chi connectivity index (χ4v) is 4.36. The van der Waals surface area contributed by atoms with Gasteiger partial charge >= 0.3 is 0 Å². The zero-order chi connectivity index (χ0) is 28.6.